The molecule has 0 atom stereocenters. The third-order valence-electron chi connectivity index (χ3n) is 3.32. The van der Waals surface area contributed by atoms with Crippen molar-refractivity contribution in [2.75, 3.05) is 25.0 Å². The minimum absolute atomic E-state index is 0.0981. The highest BCUT2D eigenvalue weighted by atomic mass is 19.4. The van der Waals surface area contributed by atoms with Gasteiger partial charge in [-0.25, -0.2) is 4.98 Å². The van der Waals surface area contributed by atoms with Gasteiger partial charge in [-0.2, -0.15) is 18.4 Å². The van der Waals surface area contributed by atoms with Crippen LogP contribution in [0.2, 0.25) is 0 Å². The monoisotopic (exact) mass is 284 g/mol. The summed E-state index contributed by atoms with van der Waals surface area (Å²) in [5.74, 6) is 0.249. The van der Waals surface area contributed by atoms with E-state index in [9.17, 15) is 13.2 Å². The first-order valence-corrected chi connectivity index (χ1v) is 6.38. The van der Waals surface area contributed by atoms with Gasteiger partial charge in [0.05, 0.1) is 18.2 Å². The van der Waals surface area contributed by atoms with Crippen molar-refractivity contribution in [2.24, 2.45) is 0 Å². The molecule has 1 aliphatic rings. The average Bonchev–Trinajstić information content (AvgIpc) is 2.41. The van der Waals surface area contributed by atoms with Gasteiger partial charge in [-0.15, -0.1) is 0 Å². The summed E-state index contributed by atoms with van der Waals surface area (Å²) >= 11 is 0. The number of hydrogen-bond donors (Lipinski definition) is 1. The van der Waals surface area contributed by atoms with Gasteiger partial charge in [0.2, 0.25) is 0 Å². The summed E-state index contributed by atoms with van der Waals surface area (Å²) in [6, 6.07) is 4.18. The summed E-state index contributed by atoms with van der Waals surface area (Å²) in [4.78, 5) is 5.95. The third-order valence-corrected chi connectivity index (χ3v) is 3.32. The summed E-state index contributed by atoms with van der Waals surface area (Å²) in [5, 5.41) is 11.6. The maximum Gasteiger partial charge on any atom is 0.416 e. The largest absolute Gasteiger partial charge is 0.416 e. The highest BCUT2D eigenvalue weighted by Crippen LogP contribution is 2.30. The van der Waals surface area contributed by atoms with Gasteiger partial charge in [-0.3, -0.25) is 4.90 Å². The van der Waals surface area contributed by atoms with Gasteiger partial charge in [0.1, 0.15) is 5.82 Å². The molecule has 108 valence electrons. The quantitative estimate of drug-likeness (QED) is 0.866. The van der Waals surface area contributed by atoms with E-state index in [1.54, 1.807) is 0 Å². The molecule has 1 aliphatic heterocycles. The molecule has 0 unspecified atom stereocenters. The molecule has 0 bridgehead atoms. The number of pyridine rings is 1. The lowest BCUT2D eigenvalue weighted by atomic mass is 10.1. The van der Waals surface area contributed by atoms with E-state index in [4.69, 9.17) is 5.26 Å². The van der Waals surface area contributed by atoms with Crippen LogP contribution in [0.5, 0.6) is 0 Å². The molecule has 1 aromatic rings. The second-order valence-corrected chi connectivity index (χ2v) is 4.78. The number of halogens is 3. The normalized spacial score (nSPS) is 17.7. The van der Waals surface area contributed by atoms with Crippen LogP contribution in [-0.4, -0.2) is 35.6 Å². The molecule has 1 aromatic heterocycles. The summed E-state index contributed by atoms with van der Waals surface area (Å²) < 4.78 is 37.8. The van der Waals surface area contributed by atoms with Gasteiger partial charge in [-0.05, 0) is 25.0 Å². The van der Waals surface area contributed by atoms with Crippen LogP contribution in [0.1, 0.15) is 18.4 Å². The van der Waals surface area contributed by atoms with E-state index in [2.05, 4.69) is 16.4 Å². The van der Waals surface area contributed by atoms with Gasteiger partial charge in [0.15, 0.2) is 0 Å². The number of aromatic nitrogens is 1. The van der Waals surface area contributed by atoms with E-state index in [-0.39, 0.29) is 11.9 Å². The molecular weight excluding hydrogens is 269 g/mol. The number of alkyl halides is 3. The van der Waals surface area contributed by atoms with Crippen molar-refractivity contribution in [3.8, 4) is 6.07 Å². The topological polar surface area (TPSA) is 52.0 Å². The molecule has 1 fully saturated rings. The van der Waals surface area contributed by atoms with E-state index in [1.165, 1.54) is 0 Å². The van der Waals surface area contributed by atoms with Gasteiger partial charge in [0.25, 0.3) is 0 Å². The molecule has 4 nitrogen and oxygen atoms in total. The summed E-state index contributed by atoms with van der Waals surface area (Å²) in [6.45, 7) is 1.93. The lowest BCUT2D eigenvalue weighted by molar-refractivity contribution is -0.137. The fraction of sp³-hybridized carbons (Fsp3) is 0.538. The summed E-state index contributed by atoms with van der Waals surface area (Å²) in [6.07, 6.45) is -1.61. The van der Waals surface area contributed by atoms with Crippen molar-refractivity contribution in [1.29, 1.82) is 5.26 Å². The number of rotatable bonds is 3. The molecule has 0 spiro atoms. The van der Waals surface area contributed by atoms with Crippen molar-refractivity contribution in [3.63, 3.8) is 0 Å². The molecule has 0 aliphatic carbocycles. The summed E-state index contributed by atoms with van der Waals surface area (Å²) in [5.41, 5.74) is -0.697. The Hall–Kier alpha value is -1.81. The van der Waals surface area contributed by atoms with E-state index in [1.807, 2.05) is 4.90 Å². The van der Waals surface area contributed by atoms with Gasteiger partial charge in [0, 0.05) is 25.3 Å². The number of likely N-dealkylation sites (tertiary alicyclic amines) is 1. The van der Waals surface area contributed by atoms with E-state index < -0.39 is 11.7 Å². The zero-order valence-corrected chi connectivity index (χ0v) is 10.8. The van der Waals surface area contributed by atoms with Crippen LogP contribution in [0, 0.1) is 11.3 Å². The second-order valence-electron chi connectivity index (χ2n) is 4.78. The Kier molecular flexibility index (Phi) is 4.45. The number of hydrogen-bond acceptors (Lipinski definition) is 4. The van der Waals surface area contributed by atoms with Crippen molar-refractivity contribution in [3.05, 3.63) is 23.9 Å². The molecule has 0 amide bonds. The Morgan fingerprint density at radius 2 is 2.10 bits per heavy atom. The zero-order chi connectivity index (χ0) is 14.6. The van der Waals surface area contributed by atoms with Gasteiger partial charge < -0.3 is 5.32 Å². The van der Waals surface area contributed by atoms with Crippen molar-refractivity contribution < 1.29 is 13.2 Å². The van der Waals surface area contributed by atoms with Gasteiger partial charge >= 0.3 is 6.18 Å². The van der Waals surface area contributed by atoms with Crippen LogP contribution in [0.3, 0.4) is 0 Å². The van der Waals surface area contributed by atoms with Crippen LogP contribution < -0.4 is 5.32 Å². The summed E-state index contributed by atoms with van der Waals surface area (Å²) in [7, 11) is 0. The molecule has 7 heteroatoms. The Labute approximate surface area is 115 Å². The SMILES string of the molecule is N#CCN1CCC(Nc2cc(C(F)(F)F)ccn2)CC1. The Morgan fingerprint density at radius 1 is 1.40 bits per heavy atom. The van der Waals surface area contributed by atoms with Crippen molar-refractivity contribution in [1.82, 2.24) is 9.88 Å². The fourth-order valence-corrected chi connectivity index (χ4v) is 2.23. The molecule has 1 N–H and O–H groups in total. The highest BCUT2D eigenvalue weighted by molar-refractivity contribution is 5.39. The molecule has 2 rings (SSSR count). The standard InChI is InChI=1S/C13H15F3N4/c14-13(15,16)10-1-5-18-12(9-10)19-11-2-6-20(7-3-11)8-4-17/h1,5,9,11H,2-3,6-8H2,(H,18,19). The van der Waals surface area contributed by atoms with Crippen molar-refractivity contribution in [2.45, 2.75) is 25.1 Å². The smallest absolute Gasteiger partial charge is 0.367 e. The second kappa shape index (κ2) is 6.09. The molecular formula is C13H15F3N4. The van der Waals surface area contributed by atoms with E-state index >= 15 is 0 Å². The predicted octanol–water partition coefficient (Wildman–Crippen LogP) is 2.50. The van der Waals surface area contributed by atoms with Crippen LogP contribution in [-0.2, 0) is 6.18 Å². The lowest BCUT2D eigenvalue weighted by Crippen LogP contribution is -2.39. The molecule has 0 aromatic carbocycles. The number of nitrogens with one attached hydrogen (secondary N) is 1. The predicted molar refractivity (Wildman–Crippen MR) is 67.9 cm³/mol. The maximum absolute atomic E-state index is 12.6. The highest BCUT2D eigenvalue weighted by Gasteiger charge is 2.31. The van der Waals surface area contributed by atoms with Crippen LogP contribution in [0.25, 0.3) is 0 Å². The number of anilines is 1. The Morgan fingerprint density at radius 3 is 2.70 bits per heavy atom. The first kappa shape index (κ1) is 14.6. The van der Waals surface area contributed by atoms with Crippen LogP contribution in [0.15, 0.2) is 18.3 Å². The van der Waals surface area contributed by atoms with Gasteiger partial charge in [-0.1, -0.05) is 0 Å². The average molecular weight is 284 g/mol. The minimum Gasteiger partial charge on any atom is -0.367 e. The van der Waals surface area contributed by atoms with Crippen LogP contribution in [0.4, 0.5) is 19.0 Å². The Balaban J connectivity index is 1.93. The lowest BCUT2D eigenvalue weighted by Gasteiger charge is -2.31. The molecule has 20 heavy (non-hydrogen) atoms. The molecule has 1 saturated heterocycles. The van der Waals surface area contributed by atoms with Crippen molar-refractivity contribution >= 4 is 5.82 Å². The first-order valence-electron chi connectivity index (χ1n) is 6.38. The first-order chi connectivity index (χ1) is 9.49. The minimum atomic E-state index is -4.35. The number of nitriles is 1. The molecule has 2 heterocycles. The van der Waals surface area contributed by atoms with Crippen LogP contribution >= 0.6 is 0 Å². The Bertz CT molecular complexity index is 487. The zero-order valence-electron chi connectivity index (χ0n) is 10.8. The molecule has 0 radical (unpaired) electrons. The van der Waals surface area contributed by atoms with E-state index in [0.717, 1.165) is 44.3 Å². The fourth-order valence-electron chi connectivity index (χ4n) is 2.23. The number of piperidine rings is 1. The van der Waals surface area contributed by atoms with E-state index in [0.29, 0.717) is 6.54 Å². The molecule has 0 saturated carbocycles. The maximum atomic E-state index is 12.6. The third kappa shape index (κ3) is 3.84. The number of nitrogens with zero attached hydrogens (tertiary/aromatic N) is 3.